The smallest absolute Gasteiger partial charge is 0.465 e. The van der Waals surface area contributed by atoms with Crippen molar-refractivity contribution in [1.82, 2.24) is 4.90 Å². The van der Waals surface area contributed by atoms with Crippen LogP contribution in [0.5, 0.6) is 0 Å². The van der Waals surface area contributed by atoms with E-state index in [2.05, 4.69) is 5.32 Å². The van der Waals surface area contributed by atoms with Gasteiger partial charge in [-0.3, -0.25) is 10.1 Å². The van der Waals surface area contributed by atoms with Gasteiger partial charge < -0.3 is 10.0 Å². The Kier molecular flexibility index (Phi) is 4.06. The van der Waals surface area contributed by atoms with E-state index in [1.807, 2.05) is 0 Å². The molecule has 1 aliphatic rings. The number of amides is 2. The maximum atomic E-state index is 12.4. The van der Waals surface area contributed by atoms with Crippen LogP contribution in [-0.2, 0) is 17.6 Å². The summed E-state index contributed by atoms with van der Waals surface area (Å²) in [5.41, 5.74) is 1.93. The molecule has 0 unspecified atom stereocenters. The van der Waals surface area contributed by atoms with Gasteiger partial charge in [-0.25, -0.2) is 4.79 Å². The van der Waals surface area contributed by atoms with Crippen LogP contribution in [0, 0.1) is 0 Å². The third-order valence-electron chi connectivity index (χ3n) is 3.29. The van der Waals surface area contributed by atoms with E-state index in [9.17, 15) is 22.8 Å². The monoisotopic (exact) mass is 302 g/mol. The molecule has 114 valence electrons. The molecule has 0 atom stereocenters. The molecular formula is C13H13F3N2O3. The SMILES string of the molecule is O=C(O)Nc1ccc2c(c1)CCN(C(=O)C(F)(F)F)CC2. The molecule has 21 heavy (non-hydrogen) atoms. The summed E-state index contributed by atoms with van der Waals surface area (Å²) in [5, 5.41) is 10.8. The minimum Gasteiger partial charge on any atom is -0.465 e. The molecule has 1 aliphatic heterocycles. The molecule has 2 amide bonds. The zero-order valence-corrected chi connectivity index (χ0v) is 10.9. The van der Waals surface area contributed by atoms with Crippen LogP contribution in [0.3, 0.4) is 0 Å². The summed E-state index contributed by atoms with van der Waals surface area (Å²) in [6.07, 6.45) is -5.51. The third kappa shape index (κ3) is 3.65. The normalized spacial score (nSPS) is 15.1. The van der Waals surface area contributed by atoms with Gasteiger partial charge in [0.25, 0.3) is 0 Å². The lowest BCUT2D eigenvalue weighted by molar-refractivity contribution is -0.185. The van der Waals surface area contributed by atoms with Gasteiger partial charge in [-0.15, -0.1) is 0 Å². The highest BCUT2D eigenvalue weighted by atomic mass is 19.4. The van der Waals surface area contributed by atoms with Gasteiger partial charge in [0, 0.05) is 18.8 Å². The number of benzene rings is 1. The predicted molar refractivity (Wildman–Crippen MR) is 68.1 cm³/mol. The number of nitrogens with zero attached hydrogens (tertiary/aromatic N) is 1. The molecule has 0 aliphatic carbocycles. The average molecular weight is 302 g/mol. The first-order chi connectivity index (χ1) is 9.77. The van der Waals surface area contributed by atoms with Gasteiger partial charge in [-0.1, -0.05) is 6.07 Å². The first-order valence-electron chi connectivity index (χ1n) is 6.25. The first kappa shape index (κ1) is 15.1. The summed E-state index contributed by atoms with van der Waals surface area (Å²) in [6, 6.07) is 4.81. The quantitative estimate of drug-likeness (QED) is 0.836. The molecule has 0 aromatic heterocycles. The lowest BCUT2D eigenvalue weighted by Crippen LogP contribution is -2.42. The van der Waals surface area contributed by atoms with Crippen molar-refractivity contribution in [3.63, 3.8) is 0 Å². The largest absolute Gasteiger partial charge is 0.471 e. The number of alkyl halides is 3. The molecule has 0 spiro atoms. The number of rotatable bonds is 1. The second kappa shape index (κ2) is 5.63. The fourth-order valence-electron chi connectivity index (χ4n) is 2.31. The van der Waals surface area contributed by atoms with Crippen LogP contribution in [-0.4, -0.2) is 41.3 Å². The van der Waals surface area contributed by atoms with Crippen molar-refractivity contribution in [2.24, 2.45) is 0 Å². The maximum absolute atomic E-state index is 12.4. The van der Waals surface area contributed by atoms with Gasteiger partial charge in [0.2, 0.25) is 0 Å². The minimum absolute atomic E-state index is 0.00293. The molecule has 1 aromatic rings. The summed E-state index contributed by atoms with van der Waals surface area (Å²) < 4.78 is 37.3. The molecule has 0 fully saturated rings. The molecule has 1 heterocycles. The van der Waals surface area contributed by atoms with Crippen LogP contribution in [0.1, 0.15) is 11.1 Å². The highest BCUT2D eigenvalue weighted by Crippen LogP contribution is 2.24. The maximum Gasteiger partial charge on any atom is 0.471 e. The fraction of sp³-hybridized carbons (Fsp3) is 0.385. The molecule has 0 saturated carbocycles. The average Bonchev–Trinajstić information content (AvgIpc) is 2.58. The summed E-state index contributed by atoms with van der Waals surface area (Å²) in [7, 11) is 0. The van der Waals surface area contributed by atoms with Gasteiger partial charge in [0.05, 0.1) is 0 Å². The zero-order valence-electron chi connectivity index (χ0n) is 10.9. The summed E-state index contributed by atoms with van der Waals surface area (Å²) in [6.45, 7) is -0.0427. The van der Waals surface area contributed by atoms with Crippen LogP contribution in [0.25, 0.3) is 0 Å². The van der Waals surface area contributed by atoms with E-state index in [-0.39, 0.29) is 19.5 Å². The molecule has 2 N–H and O–H groups in total. The van der Waals surface area contributed by atoms with Gasteiger partial charge in [-0.2, -0.15) is 13.2 Å². The molecule has 5 nitrogen and oxygen atoms in total. The molecule has 0 saturated heterocycles. The number of carbonyl (C=O) groups excluding carboxylic acids is 1. The fourth-order valence-corrected chi connectivity index (χ4v) is 2.31. The lowest BCUT2D eigenvalue weighted by Gasteiger charge is -2.21. The van der Waals surface area contributed by atoms with Gasteiger partial charge in [0.15, 0.2) is 0 Å². The van der Waals surface area contributed by atoms with Crippen LogP contribution in [0.4, 0.5) is 23.7 Å². The van der Waals surface area contributed by atoms with Gasteiger partial charge >= 0.3 is 18.2 Å². The number of hydrogen-bond donors (Lipinski definition) is 2. The van der Waals surface area contributed by atoms with E-state index in [0.717, 1.165) is 16.0 Å². The molecule has 2 rings (SSSR count). The minimum atomic E-state index is -4.87. The van der Waals surface area contributed by atoms with Crippen molar-refractivity contribution in [1.29, 1.82) is 0 Å². The van der Waals surface area contributed by atoms with Crippen molar-refractivity contribution in [2.75, 3.05) is 18.4 Å². The van der Waals surface area contributed by atoms with E-state index < -0.39 is 18.2 Å². The van der Waals surface area contributed by atoms with Crippen molar-refractivity contribution < 1.29 is 27.9 Å². The Morgan fingerprint density at radius 2 is 1.76 bits per heavy atom. The Morgan fingerprint density at radius 1 is 1.14 bits per heavy atom. The number of carbonyl (C=O) groups is 2. The summed E-state index contributed by atoms with van der Waals surface area (Å²) in [4.78, 5) is 22.6. The van der Waals surface area contributed by atoms with E-state index in [0.29, 0.717) is 12.1 Å². The number of fused-ring (bicyclic) bond motifs is 1. The molecular weight excluding hydrogens is 289 g/mol. The van der Waals surface area contributed by atoms with Crippen LogP contribution < -0.4 is 5.32 Å². The van der Waals surface area contributed by atoms with Crippen molar-refractivity contribution in [3.05, 3.63) is 29.3 Å². The van der Waals surface area contributed by atoms with Gasteiger partial charge in [0.1, 0.15) is 0 Å². The summed E-state index contributed by atoms with van der Waals surface area (Å²) in [5.74, 6) is -1.83. The zero-order chi connectivity index (χ0) is 15.6. The van der Waals surface area contributed by atoms with E-state index in [1.54, 1.807) is 18.2 Å². The lowest BCUT2D eigenvalue weighted by atomic mass is 10.0. The molecule has 0 bridgehead atoms. The standard InChI is InChI=1S/C13H13F3N2O3/c14-13(15,16)11(19)18-5-3-8-1-2-10(17-12(20)21)7-9(8)4-6-18/h1-2,7,17H,3-6H2,(H,20,21). The second-order valence-electron chi connectivity index (χ2n) is 4.70. The Labute approximate surface area is 118 Å². The highest BCUT2D eigenvalue weighted by molar-refractivity contribution is 5.83. The number of carboxylic acid groups (broad SMARTS) is 1. The van der Waals surface area contributed by atoms with E-state index in [1.165, 1.54) is 0 Å². The number of halogens is 3. The van der Waals surface area contributed by atoms with Gasteiger partial charge in [-0.05, 0) is 36.1 Å². The Hall–Kier alpha value is -2.25. The highest BCUT2D eigenvalue weighted by Gasteiger charge is 2.42. The third-order valence-corrected chi connectivity index (χ3v) is 3.29. The van der Waals surface area contributed by atoms with E-state index in [4.69, 9.17) is 5.11 Å². The van der Waals surface area contributed by atoms with Crippen LogP contribution in [0.2, 0.25) is 0 Å². The number of nitrogens with one attached hydrogen (secondary N) is 1. The van der Waals surface area contributed by atoms with Crippen LogP contribution in [0.15, 0.2) is 18.2 Å². The molecule has 1 aromatic carbocycles. The summed E-state index contributed by atoms with van der Waals surface area (Å²) >= 11 is 0. The topological polar surface area (TPSA) is 69.6 Å². The number of hydrogen-bond acceptors (Lipinski definition) is 2. The molecule has 0 radical (unpaired) electrons. The van der Waals surface area contributed by atoms with Crippen LogP contribution >= 0.6 is 0 Å². The number of anilines is 1. The predicted octanol–water partition coefficient (Wildman–Crippen LogP) is 2.27. The van der Waals surface area contributed by atoms with Crippen molar-refractivity contribution in [2.45, 2.75) is 19.0 Å². The Balaban J connectivity index is 2.14. The van der Waals surface area contributed by atoms with E-state index >= 15 is 0 Å². The first-order valence-corrected chi connectivity index (χ1v) is 6.25. The Bertz CT molecular complexity index is 572. The molecule has 8 heteroatoms. The Morgan fingerprint density at radius 3 is 2.33 bits per heavy atom. The second-order valence-corrected chi connectivity index (χ2v) is 4.70. The van der Waals surface area contributed by atoms with Crippen molar-refractivity contribution in [3.8, 4) is 0 Å². The van der Waals surface area contributed by atoms with Crippen molar-refractivity contribution >= 4 is 17.7 Å².